The van der Waals surface area contributed by atoms with Gasteiger partial charge in [0, 0.05) is 18.1 Å². The molecule has 2 rings (SSSR count). The molecule has 1 atom stereocenters. The Morgan fingerprint density at radius 3 is 2.53 bits per heavy atom. The van der Waals surface area contributed by atoms with Crippen LogP contribution in [0.5, 0.6) is 0 Å². The molecule has 4 nitrogen and oxygen atoms in total. The number of morpholine rings is 1. The van der Waals surface area contributed by atoms with Crippen molar-refractivity contribution in [2.45, 2.75) is 12.3 Å². The van der Waals surface area contributed by atoms with Crippen molar-refractivity contribution in [1.29, 1.82) is 0 Å². The van der Waals surface area contributed by atoms with E-state index in [2.05, 4.69) is 4.90 Å². The smallest absolute Gasteiger partial charge is 0.311 e. The first kappa shape index (κ1) is 14.3. The Labute approximate surface area is 117 Å². The van der Waals surface area contributed by atoms with Crippen LogP contribution in [0.3, 0.4) is 0 Å². The second-order valence-electron chi connectivity index (χ2n) is 4.69. The van der Waals surface area contributed by atoms with Crippen LogP contribution in [-0.2, 0) is 9.53 Å². The summed E-state index contributed by atoms with van der Waals surface area (Å²) in [4.78, 5) is 13.6. The van der Waals surface area contributed by atoms with Gasteiger partial charge in [-0.1, -0.05) is 23.7 Å². The zero-order valence-electron chi connectivity index (χ0n) is 10.7. The molecule has 0 aromatic heterocycles. The number of nitrogens with zero attached hydrogens (tertiary/aromatic N) is 1. The van der Waals surface area contributed by atoms with E-state index in [9.17, 15) is 9.90 Å². The number of halogens is 1. The third kappa shape index (κ3) is 4.20. The molecule has 1 aliphatic rings. The standard InChI is InChI=1S/C14H18ClNO3/c15-12-3-1-11(2-4-12)13(14(17)18)5-6-16-7-9-19-10-8-16/h1-4,13H,5-10H2,(H,17,18)/t13-/m0/s1. The monoisotopic (exact) mass is 283 g/mol. The van der Waals surface area contributed by atoms with E-state index >= 15 is 0 Å². The highest BCUT2D eigenvalue weighted by atomic mass is 35.5. The summed E-state index contributed by atoms with van der Waals surface area (Å²) < 4.78 is 5.28. The third-order valence-corrected chi connectivity index (χ3v) is 3.66. The van der Waals surface area contributed by atoms with Crippen LogP contribution >= 0.6 is 11.6 Å². The fourth-order valence-corrected chi connectivity index (χ4v) is 2.39. The van der Waals surface area contributed by atoms with Crippen molar-refractivity contribution in [3.63, 3.8) is 0 Å². The van der Waals surface area contributed by atoms with Crippen LogP contribution < -0.4 is 0 Å². The molecule has 0 bridgehead atoms. The zero-order valence-corrected chi connectivity index (χ0v) is 11.5. The average Bonchev–Trinajstić information content (AvgIpc) is 2.42. The molecule has 19 heavy (non-hydrogen) atoms. The summed E-state index contributed by atoms with van der Waals surface area (Å²) in [5.74, 6) is -1.25. The largest absolute Gasteiger partial charge is 0.481 e. The molecule has 0 radical (unpaired) electrons. The van der Waals surface area contributed by atoms with Gasteiger partial charge >= 0.3 is 5.97 Å². The van der Waals surface area contributed by atoms with Crippen molar-refractivity contribution < 1.29 is 14.6 Å². The maximum absolute atomic E-state index is 11.4. The molecule has 1 N–H and O–H groups in total. The lowest BCUT2D eigenvalue weighted by Crippen LogP contribution is -2.37. The first-order valence-electron chi connectivity index (χ1n) is 6.45. The molecule has 1 aromatic carbocycles. The second kappa shape index (κ2) is 6.89. The van der Waals surface area contributed by atoms with Gasteiger partial charge in [-0.05, 0) is 30.7 Å². The number of ether oxygens (including phenoxy) is 1. The number of aliphatic carboxylic acids is 1. The van der Waals surface area contributed by atoms with Crippen LogP contribution in [0.2, 0.25) is 5.02 Å². The van der Waals surface area contributed by atoms with Crippen LogP contribution in [-0.4, -0.2) is 48.8 Å². The van der Waals surface area contributed by atoms with Gasteiger partial charge in [0.1, 0.15) is 0 Å². The third-order valence-electron chi connectivity index (χ3n) is 3.41. The Morgan fingerprint density at radius 2 is 1.95 bits per heavy atom. The predicted octanol–water partition coefficient (Wildman–Crippen LogP) is 2.23. The van der Waals surface area contributed by atoms with E-state index in [0.717, 1.165) is 38.4 Å². The number of carboxylic acids is 1. The maximum atomic E-state index is 11.4. The van der Waals surface area contributed by atoms with Crippen LogP contribution in [0.25, 0.3) is 0 Å². The normalized spacial score (nSPS) is 18.2. The first-order valence-corrected chi connectivity index (χ1v) is 6.83. The number of benzene rings is 1. The molecule has 1 fully saturated rings. The molecule has 1 heterocycles. The van der Waals surface area contributed by atoms with Gasteiger partial charge in [-0.3, -0.25) is 9.69 Å². The van der Waals surface area contributed by atoms with E-state index in [1.54, 1.807) is 24.3 Å². The number of carboxylic acid groups (broad SMARTS) is 1. The van der Waals surface area contributed by atoms with E-state index in [1.165, 1.54) is 0 Å². The van der Waals surface area contributed by atoms with Crippen LogP contribution in [0.15, 0.2) is 24.3 Å². The Morgan fingerprint density at radius 1 is 1.32 bits per heavy atom. The van der Waals surface area contributed by atoms with Gasteiger partial charge in [0.05, 0.1) is 19.1 Å². The molecule has 1 aromatic rings. The molecule has 5 heteroatoms. The molecule has 0 saturated carbocycles. The Bertz CT molecular complexity index is 415. The van der Waals surface area contributed by atoms with E-state index in [1.807, 2.05) is 0 Å². The Hall–Kier alpha value is -1.10. The van der Waals surface area contributed by atoms with Crippen LogP contribution in [0.4, 0.5) is 0 Å². The zero-order chi connectivity index (χ0) is 13.7. The highest BCUT2D eigenvalue weighted by Gasteiger charge is 2.21. The van der Waals surface area contributed by atoms with E-state index in [-0.39, 0.29) is 0 Å². The fraction of sp³-hybridized carbons (Fsp3) is 0.500. The minimum atomic E-state index is -0.782. The summed E-state index contributed by atoms with van der Waals surface area (Å²) in [7, 11) is 0. The lowest BCUT2D eigenvalue weighted by molar-refractivity contribution is -0.139. The highest BCUT2D eigenvalue weighted by Crippen LogP contribution is 2.22. The average molecular weight is 284 g/mol. The fourth-order valence-electron chi connectivity index (χ4n) is 2.26. The lowest BCUT2D eigenvalue weighted by atomic mass is 9.95. The van der Waals surface area contributed by atoms with Gasteiger partial charge < -0.3 is 9.84 Å². The van der Waals surface area contributed by atoms with Gasteiger partial charge in [0.2, 0.25) is 0 Å². The summed E-state index contributed by atoms with van der Waals surface area (Å²) in [6.07, 6.45) is 0.608. The number of carbonyl (C=O) groups is 1. The first-order chi connectivity index (χ1) is 9.16. The summed E-state index contributed by atoms with van der Waals surface area (Å²) in [5, 5.41) is 9.98. The summed E-state index contributed by atoms with van der Waals surface area (Å²) in [6, 6.07) is 7.06. The molecular weight excluding hydrogens is 266 g/mol. The van der Waals surface area contributed by atoms with Gasteiger partial charge in [0.15, 0.2) is 0 Å². The van der Waals surface area contributed by atoms with Crippen molar-refractivity contribution in [2.75, 3.05) is 32.8 Å². The van der Waals surface area contributed by atoms with Crippen molar-refractivity contribution in [1.82, 2.24) is 4.90 Å². The SMILES string of the molecule is O=C(O)[C@@H](CCN1CCOCC1)c1ccc(Cl)cc1. The van der Waals surface area contributed by atoms with Crippen molar-refractivity contribution >= 4 is 17.6 Å². The molecule has 1 saturated heterocycles. The van der Waals surface area contributed by atoms with Gasteiger partial charge in [-0.25, -0.2) is 0 Å². The molecule has 1 aliphatic heterocycles. The molecular formula is C14H18ClNO3. The summed E-state index contributed by atoms with van der Waals surface area (Å²) >= 11 is 5.83. The topological polar surface area (TPSA) is 49.8 Å². The lowest BCUT2D eigenvalue weighted by Gasteiger charge is -2.27. The molecule has 0 spiro atoms. The van der Waals surface area contributed by atoms with Gasteiger partial charge in [-0.2, -0.15) is 0 Å². The quantitative estimate of drug-likeness (QED) is 0.900. The summed E-state index contributed by atoms with van der Waals surface area (Å²) in [6.45, 7) is 4.01. The minimum Gasteiger partial charge on any atom is -0.481 e. The highest BCUT2D eigenvalue weighted by molar-refractivity contribution is 6.30. The van der Waals surface area contributed by atoms with Crippen LogP contribution in [0, 0.1) is 0 Å². The Balaban J connectivity index is 1.96. The van der Waals surface area contributed by atoms with Crippen molar-refractivity contribution in [3.8, 4) is 0 Å². The molecule has 0 unspecified atom stereocenters. The van der Waals surface area contributed by atoms with E-state index in [0.29, 0.717) is 11.4 Å². The summed E-state index contributed by atoms with van der Waals surface area (Å²) in [5.41, 5.74) is 0.810. The minimum absolute atomic E-state index is 0.472. The maximum Gasteiger partial charge on any atom is 0.311 e. The molecule has 104 valence electrons. The van der Waals surface area contributed by atoms with E-state index in [4.69, 9.17) is 16.3 Å². The predicted molar refractivity (Wildman–Crippen MR) is 73.7 cm³/mol. The van der Waals surface area contributed by atoms with Crippen molar-refractivity contribution in [2.24, 2.45) is 0 Å². The van der Waals surface area contributed by atoms with Crippen molar-refractivity contribution in [3.05, 3.63) is 34.9 Å². The molecule has 0 aliphatic carbocycles. The number of hydrogen-bond donors (Lipinski definition) is 1. The number of rotatable bonds is 5. The second-order valence-corrected chi connectivity index (χ2v) is 5.12. The van der Waals surface area contributed by atoms with Gasteiger partial charge in [0.25, 0.3) is 0 Å². The van der Waals surface area contributed by atoms with Crippen LogP contribution in [0.1, 0.15) is 17.9 Å². The number of hydrogen-bond acceptors (Lipinski definition) is 3. The Kier molecular flexibility index (Phi) is 5.19. The van der Waals surface area contributed by atoms with Gasteiger partial charge in [-0.15, -0.1) is 0 Å². The molecule has 0 amide bonds. The van der Waals surface area contributed by atoms with E-state index < -0.39 is 11.9 Å².